The first kappa shape index (κ1) is 8.99. The first-order valence-electron chi connectivity index (χ1n) is 0.724. The van der Waals surface area contributed by atoms with Crippen LogP contribution in [0.25, 0.3) is 0 Å². The van der Waals surface area contributed by atoms with Crippen LogP contribution in [-0.4, -0.2) is 0 Å². The minimum Gasteiger partial charge on any atom is -0.199 e. The molecule has 0 aliphatic rings. The number of rotatable bonds is 0. The topological polar surface area (TPSA) is 23.8 Å². The van der Waals surface area contributed by atoms with Crippen molar-refractivity contribution in [1.29, 1.82) is 5.26 Å². The summed E-state index contributed by atoms with van der Waals surface area (Å²) in [4.78, 5) is 0. The first-order chi connectivity index (χ1) is 1.41. The summed E-state index contributed by atoms with van der Waals surface area (Å²) in [5.74, 6) is 0. The van der Waals surface area contributed by atoms with Crippen molar-refractivity contribution in [2.45, 2.75) is 6.92 Å². The molecule has 0 aromatic carbocycles. The van der Waals surface area contributed by atoms with Crippen LogP contribution < -0.4 is 0 Å². The summed E-state index contributed by atoms with van der Waals surface area (Å²) in [7, 11) is 0. The Labute approximate surface area is 36.1 Å². The van der Waals surface area contributed by atoms with Crippen molar-refractivity contribution in [3.05, 3.63) is 0 Å². The van der Waals surface area contributed by atoms with Crippen molar-refractivity contribution < 1.29 is 17.1 Å². The van der Waals surface area contributed by atoms with E-state index in [0.29, 0.717) is 0 Å². The molecule has 4 heavy (non-hydrogen) atoms. The van der Waals surface area contributed by atoms with Crippen LogP contribution in [0.4, 0.5) is 0 Å². The fraction of sp³-hybridized carbons (Fsp3) is 0.500. The van der Waals surface area contributed by atoms with E-state index in [1.165, 1.54) is 6.92 Å². The Morgan fingerprint density at radius 2 is 1.75 bits per heavy atom. The predicted octanol–water partition coefficient (Wildman–Crippen LogP) is 0.527. The number of nitrogens with zero attached hydrogens (tertiary/aromatic N) is 1. The van der Waals surface area contributed by atoms with E-state index in [2.05, 4.69) is 0 Å². The SMILES string of the molecule is CC#N.[Cu+]. The second kappa shape index (κ2) is 11.9. The Morgan fingerprint density at radius 1 is 1.75 bits per heavy atom. The standard InChI is InChI=1S/C2H3N.Cu/c1-2-3;/h1H3;/q;+1. The first-order valence-corrected chi connectivity index (χ1v) is 0.724. The van der Waals surface area contributed by atoms with Gasteiger partial charge in [-0.1, -0.05) is 0 Å². The van der Waals surface area contributed by atoms with Gasteiger partial charge in [0.25, 0.3) is 0 Å². The van der Waals surface area contributed by atoms with Gasteiger partial charge in [-0.25, -0.2) is 0 Å². The van der Waals surface area contributed by atoms with Gasteiger partial charge in [-0.15, -0.1) is 0 Å². The van der Waals surface area contributed by atoms with Crippen LogP contribution in [0.1, 0.15) is 6.92 Å². The predicted molar refractivity (Wildman–Crippen MR) is 11.3 cm³/mol. The van der Waals surface area contributed by atoms with E-state index in [9.17, 15) is 0 Å². The van der Waals surface area contributed by atoms with Gasteiger partial charge in [-0.05, 0) is 0 Å². The minimum atomic E-state index is 0. The van der Waals surface area contributed by atoms with Crippen LogP contribution in [-0.2, 0) is 17.1 Å². The molecular weight excluding hydrogens is 102 g/mol. The average Bonchev–Trinajstić information content (AvgIpc) is 0.918. The average molecular weight is 105 g/mol. The molecule has 0 heterocycles. The molecule has 0 bridgehead atoms. The van der Waals surface area contributed by atoms with E-state index in [1.807, 2.05) is 0 Å². The van der Waals surface area contributed by atoms with Crippen molar-refractivity contribution in [1.82, 2.24) is 0 Å². The molecular formula is C2H3CuN+. The maximum atomic E-state index is 7.32. The van der Waals surface area contributed by atoms with Crippen LogP contribution in [0.5, 0.6) is 0 Å². The molecule has 0 unspecified atom stereocenters. The molecule has 0 amide bonds. The Morgan fingerprint density at radius 3 is 1.75 bits per heavy atom. The molecule has 0 radical (unpaired) electrons. The molecule has 0 rings (SSSR count). The molecule has 26 valence electrons. The minimum absolute atomic E-state index is 0. The van der Waals surface area contributed by atoms with E-state index < -0.39 is 0 Å². The molecule has 0 saturated heterocycles. The van der Waals surface area contributed by atoms with Crippen LogP contribution >= 0.6 is 0 Å². The molecule has 0 aliphatic heterocycles. The van der Waals surface area contributed by atoms with E-state index >= 15 is 0 Å². The van der Waals surface area contributed by atoms with Crippen LogP contribution in [0.3, 0.4) is 0 Å². The van der Waals surface area contributed by atoms with E-state index in [4.69, 9.17) is 5.26 Å². The monoisotopic (exact) mass is 104 g/mol. The van der Waals surface area contributed by atoms with Crippen molar-refractivity contribution in [3.63, 3.8) is 0 Å². The van der Waals surface area contributed by atoms with Gasteiger partial charge in [0.2, 0.25) is 0 Å². The fourth-order valence-electron chi connectivity index (χ4n) is 0. The number of nitriles is 1. The van der Waals surface area contributed by atoms with Gasteiger partial charge in [0.15, 0.2) is 0 Å². The molecule has 0 aromatic heterocycles. The largest absolute Gasteiger partial charge is 1.00 e. The van der Waals surface area contributed by atoms with E-state index in [0.717, 1.165) is 0 Å². The Balaban J connectivity index is 0. The van der Waals surface area contributed by atoms with Gasteiger partial charge >= 0.3 is 17.1 Å². The fourth-order valence-corrected chi connectivity index (χ4v) is 0. The van der Waals surface area contributed by atoms with Crippen molar-refractivity contribution in [2.24, 2.45) is 0 Å². The van der Waals surface area contributed by atoms with Gasteiger partial charge in [0.05, 0.1) is 6.07 Å². The van der Waals surface area contributed by atoms with Crippen molar-refractivity contribution >= 4 is 0 Å². The van der Waals surface area contributed by atoms with E-state index in [1.54, 1.807) is 6.07 Å². The van der Waals surface area contributed by atoms with Gasteiger partial charge in [-0.3, -0.25) is 0 Å². The number of hydrogen-bond acceptors (Lipinski definition) is 1. The molecule has 0 fully saturated rings. The maximum absolute atomic E-state index is 7.32. The second-order valence-electron chi connectivity index (χ2n) is 0.224. The van der Waals surface area contributed by atoms with Gasteiger partial charge in [0.1, 0.15) is 0 Å². The van der Waals surface area contributed by atoms with Crippen LogP contribution in [0, 0.1) is 11.3 Å². The molecule has 0 aromatic rings. The van der Waals surface area contributed by atoms with Crippen LogP contribution in [0.15, 0.2) is 0 Å². The quantitative estimate of drug-likeness (QED) is 0.412. The van der Waals surface area contributed by atoms with Gasteiger partial charge in [-0.2, -0.15) is 5.26 Å². The third kappa shape index (κ3) is 22800. The normalized spacial score (nSPS) is 2.00. The summed E-state index contributed by atoms with van der Waals surface area (Å²) in [5.41, 5.74) is 0. The Bertz CT molecular complexity index is 27.5. The molecule has 0 atom stereocenters. The smallest absolute Gasteiger partial charge is 0.199 e. The zero-order valence-electron chi connectivity index (χ0n) is 2.25. The van der Waals surface area contributed by atoms with Gasteiger partial charge in [0, 0.05) is 6.92 Å². The Hall–Kier alpha value is 0.00948. The summed E-state index contributed by atoms with van der Waals surface area (Å²) in [6.45, 7) is 1.43. The molecule has 2 heteroatoms. The molecule has 0 saturated carbocycles. The molecule has 0 aliphatic carbocycles. The third-order valence-electron chi connectivity index (χ3n) is 0. The molecule has 1 nitrogen and oxygen atoms in total. The summed E-state index contributed by atoms with van der Waals surface area (Å²) in [5, 5.41) is 7.32. The second-order valence-corrected chi connectivity index (χ2v) is 0.224. The zero-order valence-corrected chi connectivity index (χ0v) is 3.19. The van der Waals surface area contributed by atoms with Gasteiger partial charge < -0.3 is 0 Å². The molecule has 0 spiro atoms. The zero-order chi connectivity index (χ0) is 2.71. The summed E-state index contributed by atoms with van der Waals surface area (Å²) in [6.07, 6.45) is 0. The maximum Gasteiger partial charge on any atom is 1.00 e. The van der Waals surface area contributed by atoms with Crippen LogP contribution in [0.2, 0.25) is 0 Å². The third-order valence-corrected chi connectivity index (χ3v) is 0. The Kier molecular flexibility index (Phi) is 26.8. The summed E-state index contributed by atoms with van der Waals surface area (Å²) >= 11 is 0. The summed E-state index contributed by atoms with van der Waals surface area (Å²) in [6, 6.07) is 1.75. The van der Waals surface area contributed by atoms with Crippen molar-refractivity contribution in [3.8, 4) is 6.07 Å². The summed E-state index contributed by atoms with van der Waals surface area (Å²) < 4.78 is 0. The van der Waals surface area contributed by atoms with E-state index in [-0.39, 0.29) is 17.1 Å². The molecule has 0 N–H and O–H groups in total. The number of hydrogen-bond donors (Lipinski definition) is 0. The van der Waals surface area contributed by atoms with Crippen molar-refractivity contribution in [2.75, 3.05) is 0 Å².